The largest absolute Gasteiger partial charge is 0.469 e. The zero-order valence-corrected chi connectivity index (χ0v) is 11.4. The lowest BCUT2D eigenvalue weighted by Gasteiger charge is -2.20. The Labute approximate surface area is 109 Å². The molecule has 0 aliphatic heterocycles. The van der Waals surface area contributed by atoms with Crippen molar-refractivity contribution in [2.75, 3.05) is 6.54 Å². The van der Waals surface area contributed by atoms with Gasteiger partial charge in [-0.25, -0.2) is 0 Å². The van der Waals surface area contributed by atoms with Gasteiger partial charge in [-0.3, -0.25) is 0 Å². The molecular formula is C16H21NO. The molecule has 1 unspecified atom stereocenters. The Morgan fingerprint density at radius 3 is 2.67 bits per heavy atom. The zero-order valence-electron chi connectivity index (χ0n) is 11.4. The van der Waals surface area contributed by atoms with Crippen molar-refractivity contribution in [3.8, 4) is 0 Å². The van der Waals surface area contributed by atoms with E-state index in [2.05, 4.69) is 44.3 Å². The fraction of sp³-hybridized carbons (Fsp3) is 0.375. The average molecular weight is 243 g/mol. The first kappa shape index (κ1) is 12.9. The van der Waals surface area contributed by atoms with Crippen LogP contribution in [0.3, 0.4) is 0 Å². The van der Waals surface area contributed by atoms with Gasteiger partial charge >= 0.3 is 0 Å². The van der Waals surface area contributed by atoms with E-state index in [9.17, 15) is 0 Å². The molecule has 1 atom stereocenters. The fourth-order valence-electron chi connectivity index (χ4n) is 2.32. The number of furan rings is 1. The molecule has 0 fully saturated rings. The highest BCUT2D eigenvalue weighted by Gasteiger charge is 2.15. The second-order valence-electron chi connectivity index (χ2n) is 4.68. The van der Waals surface area contributed by atoms with Crippen molar-refractivity contribution in [2.45, 2.75) is 33.2 Å². The smallest absolute Gasteiger partial charge is 0.105 e. The van der Waals surface area contributed by atoms with Gasteiger partial charge in [0.1, 0.15) is 5.76 Å². The molecule has 1 aromatic heterocycles. The number of rotatable bonds is 5. The Hall–Kier alpha value is -1.54. The van der Waals surface area contributed by atoms with Crippen LogP contribution in [0.5, 0.6) is 0 Å². The van der Waals surface area contributed by atoms with Crippen molar-refractivity contribution in [3.05, 3.63) is 59.0 Å². The van der Waals surface area contributed by atoms with Crippen LogP contribution in [0.25, 0.3) is 0 Å². The molecule has 2 nitrogen and oxygen atoms in total. The molecule has 18 heavy (non-hydrogen) atoms. The quantitative estimate of drug-likeness (QED) is 0.864. The van der Waals surface area contributed by atoms with Gasteiger partial charge in [-0.2, -0.15) is 0 Å². The summed E-state index contributed by atoms with van der Waals surface area (Å²) in [6.07, 6.45) is 2.63. The summed E-state index contributed by atoms with van der Waals surface area (Å²) in [6.45, 7) is 7.45. The molecule has 0 spiro atoms. The maximum absolute atomic E-state index is 5.46. The van der Waals surface area contributed by atoms with Crippen LogP contribution in [-0.2, 0) is 6.42 Å². The lowest BCUT2D eigenvalue weighted by Crippen LogP contribution is -2.23. The number of aryl methyl sites for hydroxylation is 1. The SMILES string of the molecule is CCNC(Cc1ccco1)c1cccc(C)c1C. The molecule has 96 valence electrons. The van der Waals surface area contributed by atoms with Crippen LogP contribution in [0, 0.1) is 13.8 Å². The fourth-order valence-corrected chi connectivity index (χ4v) is 2.32. The highest BCUT2D eigenvalue weighted by molar-refractivity contribution is 5.35. The van der Waals surface area contributed by atoms with Crippen LogP contribution in [0.15, 0.2) is 41.0 Å². The van der Waals surface area contributed by atoms with E-state index in [-0.39, 0.29) is 0 Å². The van der Waals surface area contributed by atoms with Gasteiger partial charge in [-0.05, 0) is 49.2 Å². The summed E-state index contributed by atoms with van der Waals surface area (Å²) in [7, 11) is 0. The maximum atomic E-state index is 5.46. The molecule has 0 bridgehead atoms. The Kier molecular flexibility index (Phi) is 4.21. The molecule has 1 N–H and O–H groups in total. The third-order valence-electron chi connectivity index (χ3n) is 3.46. The van der Waals surface area contributed by atoms with E-state index in [0.29, 0.717) is 6.04 Å². The minimum Gasteiger partial charge on any atom is -0.469 e. The normalized spacial score (nSPS) is 12.6. The van der Waals surface area contributed by atoms with Gasteiger partial charge in [0.25, 0.3) is 0 Å². The van der Waals surface area contributed by atoms with E-state index in [4.69, 9.17) is 4.42 Å². The topological polar surface area (TPSA) is 25.2 Å². The van der Waals surface area contributed by atoms with Crippen LogP contribution in [-0.4, -0.2) is 6.54 Å². The molecule has 0 saturated carbocycles. The lowest BCUT2D eigenvalue weighted by atomic mass is 9.95. The molecule has 0 amide bonds. The molecule has 2 aromatic rings. The van der Waals surface area contributed by atoms with Crippen molar-refractivity contribution in [1.82, 2.24) is 5.32 Å². The molecule has 1 aromatic carbocycles. The third-order valence-corrected chi connectivity index (χ3v) is 3.46. The number of hydrogen-bond donors (Lipinski definition) is 1. The maximum Gasteiger partial charge on any atom is 0.105 e. The molecule has 0 aliphatic rings. The minimum atomic E-state index is 0.320. The summed E-state index contributed by atoms with van der Waals surface area (Å²) in [5.41, 5.74) is 4.08. The van der Waals surface area contributed by atoms with E-state index < -0.39 is 0 Å². The molecule has 0 saturated heterocycles. The van der Waals surface area contributed by atoms with Crippen molar-refractivity contribution >= 4 is 0 Å². The van der Waals surface area contributed by atoms with Crippen LogP contribution < -0.4 is 5.32 Å². The van der Waals surface area contributed by atoms with Gasteiger partial charge in [-0.15, -0.1) is 0 Å². The van der Waals surface area contributed by atoms with E-state index in [1.807, 2.05) is 12.1 Å². The second kappa shape index (κ2) is 5.87. The summed E-state index contributed by atoms with van der Waals surface area (Å²) < 4.78 is 5.46. The van der Waals surface area contributed by atoms with E-state index in [1.165, 1.54) is 16.7 Å². The van der Waals surface area contributed by atoms with Crippen molar-refractivity contribution in [1.29, 1.82) is 0 Å². The summed E-state index contributed by atoms with van der Waals surface area (Å²) in [6, 6.07) is 10.8. The van der Waals surface area contributed by atoms with Crippen molar-refractivity contribution in [2.24, 2.45) is 0 Å². The first-order valence-corrected chi connectivity index (χ1v) is 6.54. The molecule has 2 heteroatoms. The van der Waals surface area contributed by atoms with Gasteiger partial charge in [0, 0.05) is 12.5 Å². The van der Waals surface area contributed by atoms with Gasteiger partial charge < -0.3 is 9.73 Å². The first-order chi connectivity index (χ1) is 8.72. The van der Waals surface area contributed by atoms with Gasteiger partial charge in [-0.1, -0.05) is 25.1 Å². The van der Waals surface area contributed by atoms with Crippen LogP contribution in [0.1, 0.15) is 35.4 Å². The van der Waals surface area contributed by atoms with E-state index in [1.54, 1.807) is 6.26 Å². The number of hydrogen-bond acceptors (Lipinski definition) is 2. The van der Waals surface area contributed by atoms with Crippen LogP contribution in [0.2, 0.25) is 0 Å². The zero-order chi connectivity index (χ0) is 13.0. The van der Waals surface area contributed by atoms with E-state index >= 15 is 0 Å². The Bertz CT molecular complexity index is 488. The lowest BCUT2D eigenvalue weighted by molar-refractivity contribution is 0.454. The molecule has 0 radical (unpaired) electrons. The van der Waals surface area contributed by atoms with Gasteiger partial charge in [0.15, 0.2) is 0 Å². The Balaban J connectivity index is 2.26. The number of likely N-dealkylation sites (N-methyl/N-ethyl adjacent to an activating group) is 1. The summed E-state index contributed by atoms with van der Waals surface area (Å²) in [4.78, 5) is 0. The predicted octanol–water partition coefficient (Wildman–Crippen LogP) is 3.79. The molecule has 2 rings (SSSR count). The second-order valence-corrected chi connectivity index (χ2v) is 4.68. The number of nitrogens with one attached hydrogen (secondary N) is 1. The predicted molar refractivity (Wildman–Crippen MR) is 74.7 cm³/mol. The molecule has 1 heterocycles. The van der Waals surface area contributed by atoms with E-state index in [0.717, 1.165) is 18.7 Å². The first-order valence-electron chi connectivity index (χ1n) is 6.54. The summed E-state index contributed by atoms with van der Waals surface area (Å²) >= 11 is 0. The minimum absolute atomic E-state index is 0.320. The van der Waals surface area contributed by atoms with Gasteiger partial charge in [0.2, 0.25) is 0 Å². The summed E-state index contributed by atoms with van der Waals surface area (Å²) in [5.74, 6) is 1.03. The molecule has 0 aliphatic carbocycles. The Morgan fingerprint density at radius 2 is 2.00 bits per heavy atom. The Morgan fingerprint density at radius 1 is 1.17 bits per heavy atom. The molecular weight excluding hydrogens is 222 g/mol. The standard InChI is InChI=1S/C16H21NO/c1-4-17-16(11-14-8-6-10-18-14)15-9-5-7-12(2)13(15)3/h5-10,16-17H,4,11H2,1-3H3. The van der Waals surface area contributed by atoms with Crippen molar-refractivity contribution < 1.29 is 4.42 Å². The highest BCUT2D eigenvalue weighted by Crippen LogP contribution is 2.24. The number of benzene rings is 1. The third kappa shape index (κ3) is 2.82. The van der Waals surface area contributed by atoms with Crippen LogP contribution >= 0.6 is 0 Å². The summed E-state index contributed by atoms with van der Waals surface area (Å²) in [5, 5.41) is 3.55. The van der Waals surface area contributed by atoms with Gasteiger partial charge in [0.05, 0.1) is 6.26 Å². The monoisotopic (exact) mass is 243 g/mol. The average Bonchev–Trinajstić information content (AvgIpc) is 2.85. The van der Waals surface area contributed by atoms with Crippen LogP contribution in [0.4, 0.5) is 0 Å². The highest BCUT2D eigenvalue weighted by atomic mass is 16.3. The van der Waals surface area contributed by atoms with Crippen molar-refractivity contribution in [3.63, 3.8) is 0 Å².